The molecular weight excluding hydrogens is 324 g/mol. The first-order valence-corrected chi connectivity index (χ1v) is 9.32. The van der Waals surface area contributed by atoms with E-state index in [1.54, 1.807) is 6.20 Å². The van der Waals surface area contributed by atoms with Gasteiger partial charge in [0.2, 0.25) is 5.91 Å². The lowest BCUT2D eigenvalue weighted by Gasteiger charge is -2.32. The summed E-state index contributed by atoms with van der Waals surface area (Å²) in [5.41, 5.74) is 4.29. The van der Waals surface area contributed by atoms with Crippen molar-refractivity contribution >= 4 is 16.8 Å². The molecule has 1 aliphatic rings. The van der Waals surface area contributed by atoms with Crippen molar-refractivity contribution in [1.82, 2.24) is 19.9 Å². The number of piperidine rings is 1. The van der Waals surface area contributed by atoms with Crippen LogP contribution in [-0.2, 0) is 11.2 Å². The summed E-state index contributed by atoms with van der Waals surface area (Å²) in [7, 11) is 0. The lowest BCUT2D eigenvalue weighted by Crippen LogP contribution is -2.39. The fraction of sp³-hybridized carbons (Fsp3) is 0.381. The van der Waals surface area contributed by atoms with Gasteiger partial charge in [-0.05, 0) is 37.8 Å². The first-order chi connectivity index (χ1) is 12.7. The predicted octanol–water partition coefficient (Wildman–Crippen LogP) is 3.61. The Morgan fingerprint density at radius 3 is 3.08 bits per heavy atom. The zero-order chi connectivity index (χ0) is 17.9. The van der Waals surface area contributed by atoms with Gasteiger partial charge in [-0.2, -0.15) is 0 Å². The number of nitrogens with zero attached hydrogens (tertiary/aromatic N) is 3. The molecule has 0 saturated carbocycles. The molecular formula is C21H24N4O. The zero-order valence-electron chi connectivity index (χ0n) is 15.1. The largest absolute Gasteiger partial charge is 0.361 e. The average Bonchev–Trinajstić information content (AvgIpc) is 3.09. The molecule has 4 rings (SSSR count). The van der Waals surface area contributed by atoms with Crippen LogP contribution in [0.2, 0.25) is 0 Å². The van der Waals surface area contributed by atoms with Crippen LogP contribution < -0.4 is 0 Å². The number of nitrogens with one attached hydrogen (secondary N) is 1. The van der Waals surface area contributed by atoms with Crippen LogP contribution in [-0.4, -0.2) is 38.8 Å². The van der Waals surface area contributed by atoms with Gasteiger partial charge < -0.3 is 9.88 Å². The first-order valence-electron chi connectivity index (χ1n) is 9.32. The molecule has 3 heterocycles. The molecule has 2 aromatic heterocycles. The second kappa shape index (κ2) is 7.28. The average molecular weight is 348 g/mol. The smallest absolute Gasteiger partial charge is 0.222 e. The Bertz CT molecular complexity index is 917. The van der Waals surface area contributed by atoms with Gasteiger partial charge in [-0.15, -0.1) is 0 Å². The molecule has 1 aromatic carbocycles. The molecule has 0 spiro atoms. The Morgan fingerprint density at radius 1 is 1.31 bits per heavy atom. The Morgan fingerprint density at radius 2 is 2.19 bits per heavy atom. The first kappa shape index (κ1) is 16.8. The fourth-order valence-electron chi connectivity index (χ4n) is 3.86. The summed E-state index contributed by atoms with van der Waals surface area (Å²) >= 11 is 0. The molecule has 5 heteroatoms. The van der Waals surface area contributed by atoms with Gasteiger partial charge in [-0.3, -0.25) is 14.8 Å². The lowest BCUT2D eigenvalue weighted by molar-refractivity contribution is -0.132. The predicted molar refractivity (Wildman–Crippen MR) is 102 cm³/mol. The van der Waals surface area contributed by atoms with Crippen LogP contribution in [0.15, 0.2) is 42.9 Å². The number of amides is 1. The van der Waals surface area contributed by atoms with E-state index in [4.69, 9.17) is 0 Å². The van der Waals surface area contributed by atoms with E-state index in [1.165, 1.54) is 10.9 Å². The summed E-state index contributed by atoms with van der Waals surface area (Å²) in [6.07, 6.45) is 9.07. The lowest BCUT2D eigenvalue weighted by atomic mass is 9.94. The zero-order valence-corrected chi connectivity index (χ0v) is 15.1. The molecule has 1 N–H and O–H groups in total. The van der Waals surface area contributed by atoms with Crippen LogP contribution >= 0.6 is 0 Å². The topological polar surface area (TPSA) is 61.9 Å². The van der Waals surface area contributed by atoms with Gasteiger partial charge in [-0.1, -0.05) is 18.2 Å². The number of para-hydroxylation sites is 1. The van der Waals surface area contributed by atoms with Crippen LogP contribution in [0.4, 0.5) is 0 Å². The third kappa shape index (κ3) is 3.47. The number of aromatic amines is 1. The fourth-order valence-corrected chi connectivity index (χ4v) is 3.86. The molecule has 3 aromatic rings. The maximum atomic E-state index is 12.8. The number of fused-ring (bicyclic) bond motifs is 1. The molecule has 1 unspecified atom stereocenters. The summed E-state index contributed by atoms with van der Waals surface area (Å²) in [4.78, 5) is 26.9. The van der Waals surface area contributed by atoms with Crippen molar-refractivity contribution in [3.63, 3.8) is 0 Å². The minimum absolute atomic E-state index is 0.237. The highest BCUT2D eigenvalue weighted by atomic mass is 16.2. The number of aryl methyl sites for hydroxylation is 2. The number of rotatable bonds is 4. The Hall–Kier alpha value is -2.69. The summed E-state index contributed by atoms with van der Waals surface area (Å²) in [6, 6.07) is 8.24. The Kier molecular flexibility index (Phi) is 4.69. The molecule has 26 heavy (non-hydrogen) atoms. The normalized spacial score (nSPS) is 17.6. The van der Waals surface area contributed by atoms with E-state index in [0.29, 0.717) is 12.3 Å². The quantitative estimate of drug-likeness (QED) is 0.783. The number of benzene rings is 1. The Labute approximate surface area is 153 Å². The summed E-state index contributed by atoms with van der Waals surface area (Å²) in [5, 5.41) is 1.21. The molecule has 0 bridgehead atoms. The van der Waals surface area contributed by atoms with Gasteiger partial charge in [0.1, 0.15) is 0 Å². The minimum Gasteiger partial charge on any atom is -0.361 e. The van der Waals surface area contributed by atoms with Crippen molar-refractivity contribution in [2.45, 2.75) is 38.5 Å². The number of H-pyrrole nitrogens is 1. The highest BCUT2D eigenvalue weighted by Gasteiger charge is 2.25. The van der Waals surface area contributed by atoms with Crippen LogP contribution in [0.1, 0.15) is 42.1 Å². The molecule has 5 nitrogen and oxygen atoms in total. The monoisotopic (exact) mass is 348 g/mol. The number of carbonyl (C=O) groups excluding carboxylic acids is 1. The number of likely N-dealkylation sites (tertiary alicyclic amines) is 1. The molecule has 1 saturated heterocycles. The van der Waals surface area contributed by atoms with E-state index in [-0.39, 0.29) is 5.91 Å². The molecule has 1 atom stereocenters. The maximum Gasteiger partial charge on any atom is 0.222 e. The number of aromatic nitrogens is 3. The van der Waals surface area contributed by atoms with Gasteiger partial charge in [0.05, 0.1) is 11.4 Å². The second-order valence-corrected chi connectivity index (χ2v) is 7.12. The number of hydrogen-bond donors (Lipinski definition) is 1. The van der Waals surface area contributed by atoms with E-state index in [0.717, 1.165) is 49.3 Å². The highest BCUT2D eigenvalue weighted by molar-refractivity contribution is 5.84. The van der Waals surface area contributed by atoms with Gasteiger partial charge in [0.15, 0.2) is 0 Å². The Balaban J connectivity index is 1.40. The van der Waals surface area contributed by atoms with Crippen molar-refractivity contribution in [2.24, 2.45) is 0 Å². The van der Waals surface area contributed by atoms with Gasteiger partial charge in [0, 0.05) is 54.9 Å². The van der Waals surface area contributed by atoms with Gasteiger partial charge >= 0.3 is 0 Å². The maximum absolute atomic E-state index is 12.8. The van der Waals surface area contributed by atoms with Crippen molar-refractivity contribution in [3.8, 4) is 0 Å². The number of carbonyl (C=O) groups is 1. The minimum atomic E-state index is 0.237. The highest BCUT2D eigenvalue weighted by Crippen LogP contribution is 2.26. The van der Waals surface area contributed by atoms with Crippen molar-refractivity contribution in [1.29, 1.82) is 0 Å². The molecule has 1 aliphatic heterocycles. The molecule has 1 fully saturated rings. The summed E-state index contributed by atoms with van der Waals surface area (Å²) in [6.45, 7) is 3.57. The molecule has 1 amide bonds. The van der Waals surface area contributed by atoms with Crippen LogP contribution in [0.25, 0.3) is 10.9 Å². The SMILES string of the molecule is Cc1cncc(C2CCCN(C(=O)CCc3c[nH]c4ccccc34)C2)n1. The van der Waals surface area contributed by atoms with Crippen LogP contribution in [0.5, 0.6) is 0 Å². The van der Waals surface area contributed by atoms with Crippen molar-refractivity contribution < 1.29 is 4.79 Å². The summed E-state index contributed by atoms with van der Waals surface area (Å²) in [5.74, 6) is 0.536. The molecule has 0 aliphatic carbocycles. The van der Waals surface area contributed by atoms with E-state index in [9.17, 15) is 4.79 Å². The third-order valence-electron chi connectivity index (χ3n) is 5.25. The van der Waals surface area contributed by atoms with E-state index in [1.807, 2.05) is 36.4 Å². The van der Waals surface area contributed by atoms with Gasteiger partial charge in [-0.25, -0.2) is 0 Å². The van der Waals surface area contributed by atoms with Gasteiger partial charge in [0.25, 0.3) is 0 Å². The molecule has 134 valence electrons. The third-order valence-corrected chi connectivity index (χ3v) is 5.25. The van der Waals surface area contributed by atoms with Crippen LogP contribution in [0, 0.1) is 6.92 Å². The van der Waals surface area contributed by atoms with E-state index >= 15 is 0 Å². The van der Waals surface area contributed by atoms with E-state index < -0.39 is 0 Å². The molecule has 0 radical (unpaired) electrons. The number of hydrogen-bond acceptors (Lipinski definition) is 3. The second-order valence-electron chi connectivity index (χ2n) is 7.12. The van der Waals surface area contributed by atoms with Crippen molar-refractivity contribution in [2.75, 3.05) is 13.1 Å². The standard InChI is InChI=1S/C21H24N4O/c1-15-11-22-13-20(24-15)17-5-4-10-25(14-17)21(26)9-8-16-12-23-19-7-3-2-6-18(16)19/h2-3,6-7,11-13,17,23H,4-5,8-10,14H2,1H3. The van der Waals surface area contributed by atoms with E-state index in [2.05, 4.69) is 27.1 Å². The van der Waals surface area contributed by atoms with Crippen LogP contribution in [0.3, 0.4) is 0 Å². The van der Waals surface area contributed by atoms with Crippen molar-refractivity contribution in [3.05, 3.63) is 59.8 Å². The summed E-state index contributed by atoms with van der Waals surface area (Å²) < 4.78 is 0.